The lowest BCUT2D eigenvalue weighted by Gasteiger charge is -2.27. The molecule has 0 aliphatic carbocycles. The lowest BCUT2D eigenvalue weighted by atomic mass is 9.90. The number of nitriles is 1. The van der Waals surface area contributed by atoms with Gasteiger partial charge in [-0.3, -0.25) is 4.79 Å². The van der Waals surface area contributed by atoms with Gasteiger partial charge in [0.25, 0.3) is 0 Å². The van der Waals surface area contributed by atoms with Crippen LogP contribution < -0.4 is 5.32 Å². The van der Waals surface area contributed by atoms with Crippen molar-refractivity contribution < 1.29 is 4.79 Å². The van der Waals surface area contributed by atoms with Crippen molar-refractivity contribution >= 4 is 17.7 Å². The van der Waals surface area contributed by atoms with Crippen molar-refractivity contribution in [3.8, 4) is 6.07 Å². The first-order chi connectivity index (χ1) is 9.30. The molecule has 0 spiro atoms. The number of hydrogen-bond donors (Lipinski definition) is 1. The molecule has 0 saturated heterocycles. The first kappa shape index (κ1) is 16.5. The average molecular weight is 295 g/mol. The van der Waals surface area contributed by atoms with Crippen LogP contribution in [-0.4, -0.2) is 32.0 Å². The number of aromatic nitrogens is 3. The highest BCUT2D eigenvalue weighted by Crippen LogP contribution is 2.20. The van der Waals surface area contributed by atoms with Crippen LogP contribution in [0.4, 0.5) is 0 Å². The Kier molecular flexibility index (Phi) is 5.57. The molecule has 1 N–H and O–H groups in total. The summed E-state index contributed by atoms with van der Waals surface area (Å²) in [6.07, 6.45) is 1.65. The van der Waals surface area contributed by atoms with Gasteiger partial charge in [0.2, 0.25) is 5.91 Å². The Hall–Kier alpha value is -1.55. The third-order valence-corrected chi connectivity index (χ3v) is 4.17. The Morgan fingerprint density at radius 1 is 1.55 bits per heavy atom. The number of thioether (sulfide) groups is 1. The van der Waals surface area contributed by atoms with E-state index in [1.54, 1.807) is 13.3 Å². The van der Waals surface area contributed by atoms with Gasteiger partial charge >= 0.3 is 0 Å². The maximum atomic E-state index is 12.0. The van der Waals surface area contributed by atoms with Crippen molar-refractivity contribution in [2.75, 3.05) is 5.75 Å². The summed E-state index contributed by atoms with van der Waals surface area (Å²) in [5.74, 6) is 0.0851. The highest BCUT2D eigenvalue weighted by atomic mass is 32.2. The van der Waals surface area contributed by atoms with E-state index in [0.717, 1.165) is 0 Å². The summed E-state index contributed by atoms with van der Waals surface area (Å²) in [4.78, 5) is 12.0. The Labute approximate surface area is 123 Å². The molecule has 1 heterocycles. The van der Waals surface area contributed by atoms with Crippen LogP contribution >= 0.6 is 11.8 Å². The highest BCUT2D eigenvalue weighted by molar-refractivity contribution is 7.99. The molecule has 20 heavy (non-hydrogen) atoms. The number of nitrogens with one attached hydrogen (secondary N) is 1. The maximum absolute atomic E-state index is 12.0. The predicted molar refractivity (Wildman–Crippen MR) is 78.1 cm³/mol. The van der Waals surface area contributed by atoms with E-state index in [0.29, 0.717) is 5.16 Å². The monoisotopic (exact) mass is 295 g/mol. The molecule has 110 valence electrons. The normalized spacial score (nSPS) is 14.1. The van der Waals surface area contributed by atoms with E-state index in [1.165, 1.54) is 11.8 Å². The largest absolute Gasteiger partial charge is 0.337 e. The first-order valence-electron chi connectivity index (χ1n) is 6.54. The summed E-state index contributed by atoms with van der Waals surface area (Å²) < 4.78 is 1.91. The van der Waals surface area contributed by atoms with Gasteiger partial charge in [0.1, 0.15) is 11.9 Å². The standard InChI is InChI=1S/C13H21N5OS/c1-9(2)13(5,7-14)16-11(19)6-20-12-17-15-8-18(12)10(3)4/h8-10H,6H2,1-5H3,(H,16,19)/t13-/m0/s1. The molecule has 0 saturated carbocycles. The van der Waals surface area contributed by atoms with Crippen molar-refractivity contribution in [1.82, 2.24) is 20.1 Å². The Morgan fingerprint density at radius 2 is 2.20 bits per heavy atom. The van der Waals surface area contributed by atoms with Crippen LogP contribution in [0.15, 0.2) is 11.5 Å². The number of hydrogen-bond acceptors (Lipinski definition) is 5. The molecule has 0 unspecified atom stereocenters. The van der Waals surface area contributed by atoms with Crippen LogP contribution in [0.25, 0.3) is 0 Å². The van der Waals surface area contributed by atoms with Crippen LogP contribution in [-0.2, 0) is 4.79 Å². The molecule has 1 rings (SSSR count). The Morgan fingerprint density at radius 3 is 2.70 bits per heavy atom. The third kappa shape index (κ3) is 3.97. The molecule has 1 amide bonds. The van der Waals surface area contributed by atoms with E-state index in [-0.39, 0.29) is 23.6 Å². The van der Waals surface area contributed by atoms with E-state index in [2.05, 4.69) is 21.6 Å². The van der Waals surface area contributed by atoms with E-state index in [9.17, 15) is 10.1 Å². The fourth-order valence-corrected chi connectivity index (χ4v) is 2.29. The van der Waals surface area contributed by atoms with Gasteiger partial charge in [0, 0.05) is 6.04 Å². The zero-order chi connectivity index (χ0) is 15.3. The van der Waals surface area contributed by atoms with Crippen LogP contribution in [0.2, 0.25) is 0 Å². The van der Waals surface area contributed by atoms with Gasteiger partial charge in [-0.2, -0.15) is 5.26 Å². The number of amides is 1. The van der Waals surface area contributed by atoms with Crippen molar-refractivity contribution in [1.29, 1.82) is 5.26 Å². The van der Waals surface area contributed by atoms with Gasteiger partial charge in [-0.15, -0.1) is 10.2 Å². The van der Waals surface area contributed by atoms with Crippen LogP contribution in [0.5, 0.6) is 0 Å². The van der Waals surface area contributed by atoms with E-state index in [1.807, 2.05) is 32.3 Å². The van der Waals surface area contributed by atoms with E-state index < -0.39 is 5.54 Å². The van der Waals surface area contributed by atoms with Gasteiger partial charge in [-0.25, -0.2) is 0 Å². The van der Waals surface area contributed by atoms with Crippen LogP contribution in [0, 0.1) is 17.2 Å². The van der Waals surface area contributed by atoms with Crippen molar-refractivity contribution in [3.63, 3.8) is 0 Å². The molecule has 0 radical (unpaired) electrons. The van der Waals surface area contributed by atoms with Crippen LogP contribution in [0.3, 0.4) is 0 Å². The number of nitrogens with zero attached hydrogens (tertiary/aromatic N) is 4. The Bertz CT molecular complexity index is 505. The maximum Gasteiger partial charge on any atom is 0.231 e. The van der Waals surface area contributed by atoms with Gasteiger partial charge in [0.15, 0.2) is 5.16 Å². The molecule has 0 aromatic carbocycles. The fraction of sp³-hybridized carbons (Fsp3) is 0.692. The number of carbonyl (C=O) groups excluding carboxylic acids is 1. The fourth-order valence-electron chi connectivity index (χ4n) is 1.45. The molecule has 0 aliphatic heterocycles. The number of carbonyl (C=O) groups is 1. The second-order valence-corrected chi connectivity index (χ2v) is 6.36. The summed E-state index contributed by atoms with van der Waals surface area (Å²) in [5.41, 5.74) is -0.844. The summed E-state index contributed by atoms with van der Waals surface area (Å²) in [6.45, 7) is 9.60. The molecule has 0 aliphatic rings. The average Bonchev–Trinajstić information content (AvgIpc) is 2.84. The molecule has 1 aromatic heterocycles. The second kappa shape index (κ2) is 6.75. The number of rotatable bonds is 6. The molecule has 1 atom stereocenters. The van der Waals surface area contributed by atoms with Crippen molar-refractivity contribution in [3.05, 3.63) is 6.33 Å². The molecule has 1 aromatic rings. The van der Waals surface area contributed by atoms with E-state index >= 15 is 0 Å². The highest BCUT2D eigenvalue weighted by Gasteiger charge is 2.29. The summed E-state index contributed by atoms with van der Waals surface area (Å²) in [6, 6.07) is 2.40. The van der Waals surface area contributed by atoms with Crippen molar-refractivity contribution in [2.24, 2.45) is 5.92 Å². The molecule has 0 bridgehead atoms. The minimum atomic E-state index is -0.844. The van der Waals surface area contributed by atoms with Crippen LogP contribution in [0.1, 0.15) is 40.7 Å². The van der Waals surface area contributed by atoms with Gasteiger partial charge < -0.3 is 9.88 Å². The third-order valence-electron chi connectivity index (χ3n) is 3.21. The molecule has 6 nitrogen and oxygen atoms in total. The molecular formula is C13H21N5OS. The Balaban J connectivity index is 2.60. The van der Waals surface area contributed by atoms with Gasteiger partial charge in [-0.1, -0.05) is 25.6 Å². The molecular weight excluding hydrogens is 274 g/mol. The van der Waals surface area contributed by atoms with Gasteiger partial charge in [0.05, 0.1) is 11.8 Å². The molecule has 0 fully saturated rings. The lowest BCUT2D eigenvalue weighted by Crippen LogP contribution is -2.49. The minimum absolute atomic E-state index is 0.0424. The second-order valence-electron chi connectivity index (χ2n) is 5.42. The topological polar surface area (TPSA) is 83.6 Å². The first-order valence-corrected chi connectivity index (χ1v) is 7.53. The SMILES string of the molecule is CC(C)n1cnnc1SCC(=O)N[C@@](C)(C#N)C(C)C. The predicted octanol–water partition coefficient (Wildman–Crippen LogP) is 2.01. The summed E-state index contributed by atoms with van der Waals surface area (Å²) in [7, 11) is 0. The lowest BCUT2D eigenvalue weighted by molar-refractivity contribution is -0.120. The van der Waals surface area contributed by atoms with Crippen molar-refractivity contribution in [2.45, 2.75) is 51.4 Å². The summed E-state index contributed by atoms with van der Waals surface area (Å²) in [5, 5.41) is 20.5. The smallest absolute Gasteiger partial charge is 0.231 e. The molecule has 7 heteroatoms. The zero-order valence-electron chi connectivity index (χ0n) is 12.5. The minimum Gasteiger partial charge on any atom is -0.337 e. The zero-order valence-corrected chi connectivity index (χ0v) is 13.4. The quantitative estimate of drug-likeness (QED) is 0.812. The van der Waals surface area contributed by atoms with E-state index in [4.69, 9.17) is 0 Å². The van der Waals surface area contributed by atoms with Gasteiger partial charge in [-0.05, 0) is 26.7 Å². The summed E-state index contributed by atoms with van der Waals surface area (Å²) >= 11 is 1.32.